The van der Waals surface area contributed by atoms with Crippen molar-refractivity contribution in [2.45, 2.75) is 6.54 Å². The van der Waals surface area contributed by atoms with E-state index in [0.717, 1.165) is 5.56 Å². The summed E-state index contributed by atoms with van der Waals surface area (Å²) in [7, 11) is 1.74. The molecule has 6 heteroatoms. The zero-order valence-corrected chi connectivity index (χ0v) is 12.2. The van der Waals surface area contributed by atoms with Crippen LogP contribution in [0.15, 0.2) is 36.4 Å². The number of nitrogens with two attached hydrogens (primary N) is 2. The number of nitrogens with zero attached hydrogens (tertiary/aromatic N) is 1. The summed E-state index contributed by atoms with van der Waals surface area (Å²) >= 11 is 6.17. The summed E-state index contributed by atoms with van der Waals surface area (Å²) in [5, 5.41) is 0.322. The molecular formula is C15H15ClFN3O. The van der Waals surface area contributed by atoms with E-state index in [4.69, 9.17) is 23.1 Å². The van der Waals surface area contributed by atoms with Crippen molar-refractivity contribution >= 4 is 28.9 Å². The van der Waals surface area contributed by atoms with Gasteiger partial charge in [-0.15, -0.1) is 0 Å². The zero-order chi connectivity index (χ0) is 15.6. The number of benzene rings is 2. The van der Waals surface area contributed by atoms with E-state index in [1.54, 1.807) is 30.1 Å². The summed E-state index contributed by atoms with van der Waals surface area (Å²) in [6.07, 6.45) is 0. The van der Waals surface area contributed by atoms with Gasteiger partial charge < -0.3 is 16.4 Å². The Balaban J connectivity index is 2.39. The second kappa shape index (κ2) is 6.01. The van der Waals surface area contributed by atoms with Crippen LogP contribution >= 0.6 is 11.6 Å². The van der Waals surface area contributed by atoms with Crippen LogP contribution in [0.1, 0.15) is 15.9 Å². The number of hydrogen-bond acceptors (Lipinski definition) is 3. The Kier molecular flexibility index (Phi) is 4.33. The highest BCUT2D eigenvalue weighted by atomic mass is 35.5. The summed E-state index contributed by atoms with van der Waals surface area (Å²) in [5.74, 6) is -0.940. The van der Waals surface area contributed by atoms with Crippen molar-refractivity contribution in [3.63, 3.8) is 0 Å². The van der Waals surface area contributed by atoms with Gasteiger partial charge in [0, 0.05) is 19.3 Å². The van der Waals surface area contributed by atoms with Gasteiger partial charge in [0.1, 0.15) is 5.82 Å². The molecule has 0 radical (unpaired) electrons. The van der Waals surface area contributed by atoms with Gasteiger partial charge in [-0.2, -0.15) is 0 Å². The fourth-order valence-corrected chi connectivity index (χ4v) is 2.56. The van der Waals surface area contributed by atoms with Crippen molar-refractivity contribution in [1.29, 1.82) is 0 Å². The Morgan fingerprint density at radius 3 is 2.67 bits per heavy atom. The molecule has 4 N–H and O–H groups in total. The number of anilines is 2. The van der Waals surface area contributed by atoms with Crippen molar-refractivity contribution in [2.75, 3.05) is 17.7 Å². The van der Waals surface area contributed by atoms with Crippen LogP contribution in [-0.4, -0.2) is 13.0 Å². The van der Waals surface area contributed by atoms with Crippen LogP contribution in [0.3, 0.4) is 0 Å². The van der Waals surface area contributed by atoms with Gasteiger partial charge in [0.15, 0.2) is 0 Å². The molecule has 2 rings (SSSR count). The first-order chi connectivity index (χ1) is 9.88. The standard InChI is InChI=1S/C15H15ClFN3O/c1-20(8-9-3-2-4-10(17)5-9)14-12(15(19)21)6-11(18)7-13(14)16/h2-7H,8,18H2,1H3,(H2,19,21). The number of hydrogen-bond donors (Lipinski definition) is 2. The molecule has 0 aliphatic rings. The first kappa shape index (κ1) is 15.1. The molecule has 0 saturated carbocycles. The zero-order valence-electron chi connectivity index (χ0n) is 11.4. The van der Waals surface area contributed by atoms with Gasteiger partial charge in [0.25, 0.3) is 5.91 Å². The van der Waals surface area contributed by atoms with Crippen molar-refractivity contribution in [1.82, 2.24) is 0 Å². The molecular weight excluding hydrogens is 293 g/mol. The highest BCUT2D eigenvalue weighted by molar-refractivity contribution is 6.34. The highest BCUT2D eigenvalue weighted by Gasteiger charge is 2.17. The molecule has 0 saturated heterocycles. The van der Waals surface area contributed by atoms with Gasteiger partial charge in [0.05, 0.1) is 16.3 Å². The number of rotatable bonds is 4. The molecule has 1 amide bonds. The summed E-state index contributed by atoms with van der Waals surface area (Å²) in [6, 6.07) is 9.23. The van der Waals surface area contributed by atoms with Gasteiger partial charge >= 0.3 is 0 Å². The van der Waals surface area contributed by atoms with Gasteiger partial charge in [-0.3, -0.25) is 4.79 Å². The van der Waals surface area contributed by atoms with E-state index in [9.17, 15) is 9.18 Å². The van der Waals surface area contributed by atoms with Crippen LogP contribution in [0.2, 0.25) is 5.02 Å². The van der Waals surface area contributed by atoms with Crippen LogP contribution in [0.5, 0.6) is 0 Å². The molecule has 0 bridgehead atoms. The second-order valence-electron chi connectivity index (χ2n) is 4.75. The maximum atomic E-state index is 13.2. The Bertz CT molecular complexity index is 691. The first-order valence-corrected chi connectivity index (χ1v) is 6.60. The molecule has 2 aromatic carbocycles. The lowest BCUT2D eigenvalue weighted by Gasteiger charge is -2.23. The molecule has 0 aliphatic heterocycles. The molecule has 21 heavy (non-hydrogen) atoms. The molecule has 0 heterocycles. The highest BCUT2D eigenvalue weighted by Crippen LogP contribution is 2.32. The predicted molar refractivity (Wildman–Crippen MR) is 82.9 cm³/mol. The molecule has 0 fully saturated rings. The third kappa shape index (κ3) is 3.44. The molecule has 0 atom stereocenters. The number of halogens is 2. The Labute approximate surface area is 127 Å². The third-order valence-electron chi connectivity index (χ3n) is 3.04. The Hall–Kier alpha value is -2.27. The Morgan fingerprint density at radius 2 is 2.05 bits per heavy atom. The van der Waals surface area contributed by atoms with Crippen molar-refractivity contribution < 1.29 is 9.18 Å². The monoisotopic (exact) mass is 307 g/mol. The number of primary amides is 1. The van der Waals surface area contributed by atoms with Crippen LogP contribution in [-0.2, 0) is 6.54 Å². The average molecular weight is 308 g/mol. The van der Waals surface area contributed by atoms with E-state index in [2.05, 4.69) is 0 Å². The minimum Gasteiger partial charge on any atom is -0.399 e. The van der Waals surface area contributed by atoms with E-state index in [1.807, 2.05) is 0 Å². The molecule has 110 valence electrons. The maximum Gasteiger partial charge on any atom is 0.250 e. The predicted octanol–water partition coefficient (Wildman–Crippen LogP) is 2.80. The van der Waals surface area contributed by atoms with E-state index in [0.29, 0.717) is 22.9 Å². The minimum atomic E-state index is -0.620. The van der Waals surface area contributed by atoms with Gasteiger partial charge in [-0.05, 0) is 29.8 Å². The average Bonchev–Trinajstić information content (AvgIpc) is 2.37. The fourth-order valence-electron chi connectivity index (χ4n) is 2.18. The second-order valence-corrected chi connectivity index (χ2v) is 5.16. The number of amides is 1. The number of carbonyl (C=O) groups excluding carboxylic acids is 1. The van der Waals surface area contributed by atoms with Crippen molar-refractivity contribution in [2.24, 2.45) is 5.73 Å². The lowest BCUT2D eigenvalue weighted by atomic mass is 10.1. The molecule has 0 unspecified atom stereocenters. The smallest absolute Gasteiger partial charge is 0.250 e. The maximum absolute atomic E-state index is 13.2. The molecule has 2 aromatic rings. The van der Waals surface area contributed by atoms with Crippen molar-refractivity contribution in [3.05, 3.63) is 58.4 Å². The number of carbonyl (C=O) groups is 1. The van der Waals surface area contributed by atoms with E-state index in [1.165, 1.54) is 18.2 Å². The lowest BCUT2D eigenvalue weighted by molar-refractivity contribution is 0.100. The topological polar surface area (TPSA) is 72.3 Å². The Morgan fingerprint density at radius 1 is 1.33 bits per heavy atom. The third-order valence-corrected chi connectivity index (χ3v) is 3.33. The molecule has 0 aromatic heterocycles. The minimum absolute atomic E-state index is 0.235. The molecule has 0 aliphatic carbocycles. The summed E-state index contributed by atoms with van der Waals surface area (Å²) in [4.78, 5) is 13.3. The fraction of sp³-hybridized carbons (Fsp3) is 0.133. The first-order valence-electron chi connectivity index (χ1n) is 6.23. The SMILES string of the molecule is CN(Cc1cccc(F)c1)c1c(Cl)cc(N)cc1C(N)=O. The number of nitrogen functional groups attached to an aromatic ring is 1. The van der Waals surface area contributed by atoms with Crippen LogP contribution in [0, 0.1) is 5.82 Å². The van der Waals surface area contributed by atoms with E-state index < -0.39 is 5.91 Å². The largest absolute Gasteiger partial charge is 0.399 e. The normalized spacial score (nSPS) is 10.4. The van der Waals surface area contributed by atoms with Gasteiger partial charge in [-0.1, -0.05) is 23.7 Å². The quantitative estimate of drug-likeness (QED) is 0.853. The van der Waals surface area contributed by atoms with E-state index >= 15 is 0 Å². The summed E-state index contributed by atoms with van der Waals surface area (Å²) in [6.45, 7) is 0.377. The lowest BCUT2D eigenvalue weighted by Crippen LogP contribution is -2.22. The summed E-state index contributed by atoms with van der Waals surface area (Å²) in [5.41, 5.74) is 12.9. The van der Waals surface area contributed by atoms with Gasteiger partial charge in [-0.25, -0.2) is 4.39 Å². The van der Waals surface area contributed by atoms with Crippen LogP contribution in [0.4, 0.5) is 15.8 Å². The van der Waals surface area contributed by atoms with E-state index in [-0.39, 0.29) is 11.4 Å². The summed E-state index contributed by atoms with van der Waals surface area (Å²) < 4.78 is 13.2. The van der Waals surface area contributed by atoms with Gasteiger partial charge in [0.2, 0.25) is 0 Å². The van der Waals surface area contributed by atoms with Crippen LogP contribution in [0.25, 0.3) is 0 Å². The molecule has 4 nitrogen and oxygen atoms in total. The van der Waals surface area contributed by atoms with Crippen molar-refractivity contribution in [3.8, 4) is 0 Å². The molecule has 0 spiro atoms. The van der Waals surface area contributed by atoms with Crippen LogP contribution < -0.4 is 16.4 Å².